The fourth-order valence-electron chi connectivity index (χ4n) is 0.933. The number of halogens is 1. The summed E-state index contributed by atoms with van der Waals surface area (Å²) in [5.74, 6) is 0. The molecule has 0 saturated heterocycles. The average Bonchev–Trinajstić information content (AvgIpc) is 2.09. The molecule has 0 N–H and O–H groups in total. The highest BCUT2D eigenvalue weighted by atomic mass is 127. The molecule has 1 aromatic carbocycles. The van der Waals surface area contributed by atoms with Crippen molar-refractivity contribution in [2.45, 2.75) is 6.92 Å². The molecule has 0 heterocycles. The number of hydrogen-bond acceptors (Lipinski definition) is 3. The largest absolute Gasteiger partial charge is 0.283 e. The zero-order valence-electron chi connectivity index (χ0n) is 6.74. The van der Waals surface area contributed by atoms with E-state index < -0.39 is 4.92 Å². The molecule has 4 nitrogen and oxygen atoms in total. The Morgan fingerprint density at radius 2 is 2.23 bits per heavy atom. The van der Waals surface area contributed by atoms with E-state index in [1.165, 1.54) is 12.1 Å². The molecule has 0 unspecified atom stereocenters. The molecule has 1 rings (SSSR count). The fourth-order valence-corrected chi connectivity index (χ4v) is 1.60. The maximum atomic E-state index is 10.5. The summed E-state index contributed by atoms with van der Waals surface area (Å²) in [7, 11) is 0. The molecule has 66 valence electrons. The van der Waals surface area contributed by atoms with Crippen LogP contribution in [0.3, 0.4) is 0 Å². The van der Waals surface area contributed by atoms with Crippen molar-refractivity contribution < 1.29 is 4.92 Å². The summed E-state index contributed by atoms with van der Waals surface area (Å²) in [6.07, 6.45) is 0. The Labute approximate surface area is 88.5 Å². The standard InChI is InChI=1S/C8H5IN2O2/c1-5-6(4-10)2-3-7(8(5)9)11(12)13/h2-3H,1H3. The van der Waals surface area contributed by atoms with Gasteiger partial charge in [-0.15, -0.1) is 0 Å². The summed E-state index contributed by atoms with van der Waals surface area (Å²) >= 11 is 1.88. The number of nitriles is 1. The lowest BCUT2D eigenvalue weighted by atomic mass is 10.1. The van der Waals surface area contributed by atoms with Crippen LogP contribution >= 0.6 is 22.6 Å². The van der Waals surface area contributed by atoms with Crippen LogP contribution in [0.25, 0.3) is 0 Å². The van der Waals surface area contributed by atoms with Crippen molar-refractivity contribution in [3.05, 3.63) is 36.9 Å². The Bertz CT molecular complexity index is 409. The van der Waals surface area contributed by atoms with Gasteiger partial charge in [0.2, 0.25) is 0 Å². The van der Waals surface area contributed by atoms with Crippen LogP contribution in [-0.2, 0) is 0 Å². The first kappa shape index (κ1) is 9.92. The predicted molar refractivity (Wildman–Crippen MR) is 55.3 cm³/mol. The van der Waals surface area contributed by atoms with E-state index >= 15 is 0 Å². The van der Waals surface area contributed by atoms with Crippen LogP contribution in [0, 0.1) is 31.9 Å². The van der Waals surface area contributed by atoms with Gasteiger partial charge in [0.05, 0.1) is 20.1 Å². The Morgan fingerprint density at radius 1 is 1.62 bits per heavy atom. The lowest BCUT2D eigenvalue weighted by molar-refractivity contribution is -0.385. The second-order valence-corrected chi connectivity index (χ2v) is 3.52. The van der Waals surface area contributed by atoms with Crippen LogP contribution in [0.5, 0.6) is 0 Å². The molecule has 13 heavy (non-hydrogen) atoms. The quantitative estimate of drug-likeness (QED) is 0.452. The van der Waals surface area contributed by atoms with Crippen molar-refractivity contribution in [3.8, 4) is 6.07 Å². The summed E-state index contributed by atoms with van der Waals surface area (Å²) in [5, 5.41) is 19.1. The second-order valence-electron chi connectivity index (χ2n) is 2.44. The number of nitro groups is 1. The predicted octanol–water partition coefficient (Wildman–Crippen LogP) is 2.38. The van der Waals surface area contributed by atoms with Crippen molar-refractivity contribution in [3.63, 3.8) is 0 Å². The number of nitrogens with zero attached hydrogens (tertiary/aromatic N) is 2. The molecule has 0 atom stereocenters. The van der Waals surface area contributed by atoms with Gasteiger partial charge >= 0.3 is 0 Å². The molecule has 0 saturated carbocycles. The lowest BCUT2D eigenvalue weighted by Gasteiger charge is -2.00. The second kappa shape index (κ2) is 3.70. The highest BCUT2D eigenvalue weighted by Crippen LogP contribution is 2.25. The minimum absolute atomic E-state index is 0.0529. The van der Waals surface area contributed by atoms with Gasteiger partial charge in [-0.2, -0.15) is 5.26 Å². The molecule has 0 aliphatic carbocycles. The first-order valence-electron chi connectivity index (χ1n) is 3.41. The van der Waals surface area contributed by atoms with Crippen LogP contribution in [0.1, 0.15) is 11.1 Å². The third-order valence-electron chi connectivity index (χ3n) is 1.68. The van der Waals surface area contributed by atoms with Gasteiger partial charge in [-0.3, -0.25) is 10.1 Å². The van der Waals surface area contributed by atoms with Gasteiger partial charge in [0.25, 0.3) is 5.69 Å². The van der Waals surface area contributed by atoms with Gasteiger partial charge in [-0.1, -0.05) is 0 Å². The fraction of sp³-hybridized carbons (Fsp3) is 0.125. The van der Waals surface area contributed by atoms with Crippen LogP contribution in [0.4, 0.5) is 5.69 Å². The maximum Gasteiger partial charge on any atom is 0.283 e. The van der Waals surface area contributed by atoms with Crippen LogP contribution < -0.4 is 0 Å². The van der Waals surface area contributed by atoms with E-state index in [9.17, 15) is 10.1 Å². The molecular formula is C8H5IN2O2. The van der Waals surface area contributed by atoms with E-state index in [0.29, 0.717) is 14.7 Å². The maximum absolute atomic E-state index is 10.5. The molecule has 0 aliphatic heterocycles. The molecular weight excluding hydrogens is 283 g/mol. The molecule has 0 radical (unpaired) electrons. The summed E-state index contributed by atoms with van der Waals surface area (Å²) in [6, 6.07) is 4.80. The van der Waals surface area contributed by atoms with Gasteiger partial charge in [-0.05, 0) is 41.1 Å². The summed E-state index contributed by atoms with van der Waals surface area (Å²) in [5.41, 5.74) is 1.20. The minimum atomic E-state index is -0.448. The average molecular weight is 288 g/mol. The number of hydrogen-bond donors (Lipinski definition) is 0. The molecule has 0 aromatic heterocycles. The SMILES string of the molecule is Cc1c(C#N)ccc([N+](=O)[O-])c1I. The zero-order valence-corrected chi connectivity index (χ0v) is 8.90. The monoisotopic (exact) mass is 288 g/mol. The van der Waals surface area contributed by atoms with Gasteiger partial charge in [0, 0.05) is 6.07 Å². The highest BCUT2D eigenvalue weighted by molar-refractivity contribution is 14.1. The van der Waals surface area contributed by atoms with E-state index in [1.807, 2.05) is 28.7 Å². The van der Waals surface area contributed by atoms with Gasteiger partial charge in [0.15, 0.2) is 0 Å². The smallest absolute Gasteiger partial charge is 0.258 e. The number of nitro benzene ring substituents is 1. The lowest BCUT2D eigenvalue weighted by Crippen LogP contribution is -1.95. The van der Waals surface area contributed by atoms with E-state index in [2.05, 4.69) is 0 Å². The molecule has 0 aliphatic rings. The van der Waals surface area contributed by atoms with Gasteiger partial charge in [0.1, 0.15) is 0 Å². The third kappa shape index (κ3) is 1.78. The van der Waals surface area contributed by atoms with Crippen molar-refractivity contribution in [2.75, 3.05) is 0 Å². The van der Waals surface area contributed by atoms with Crippen molar-refractivity contribution >= 4 is 28.3 Å². The van der Waals surface area contributed by atoms with E-state index in [-0.39, 0.29) is 5.69 Å². The van der Waals surface area contributed by atoms with Crippen molar-refractivity contribution in [2.24, 2.45) is 0 Å². The Hall–Kier alpha value is -1.16. The van der Waals surface area contributed by atoms with Crippen molar-refractivity contribution in [1.29, 1.82) is 5.26 Å². The Balaban J connectivity index is 3.42. The minimum Gasteiger partial charge on any atom is -0.258 e. The Kier molecular flexibility index (Phi) is 2.83. The van der Waals surface area contributed by atoms with Gasteiger partial charge < -0.3 is 0 Å². The third-order valence-corrected chi connectivity index (χ3v) is 3.04. The molecule has 0 amide bonds. The molecule has 1 aromatic rings. The summed E-state index contributed by atoms with van der Waals surface area (Å²) in [4.78, 5) is 10.0. The molecule has 0 fully saturated rings. The van der Waals surface area contributed by atoms with E-state index in [1.54, 1.807) is 6.92 Å². The van der Waals surface area contributed by atoms with Crippen LogP contribution in [-0.4, -0.2) is 4.92 Å². The summed E-state index contributed by atoms with van der Waals surface area (Å²) in [6.45, 7) is 1.70. The normalized spacial score (nSPS) is 9.31. The Morgan fingerprint density at radius 3 is 2.69 bits per heavy atom. The molecule has 0 spiro atoms. The van der Waals surface area contributed by atoms with Crippen LogP contribution in [0.2, 0.25) is 0 Å². The highest BCUT2D eigenvalue weighted by Gasteiger charge is 2.15. The first-order chi connectivity index (χ1) is 6.07. The van der Waals surface area contributed by atoms with E-state index in [0.717, 1.165) is 0 Å². The zero-order chi connectivity index (χ0) is 10.0. The summed E-state index contributed by atoms with van der Waals surface area (Å²) < 4.78 is 0.529. The van der Waals surface area contributed by atoms with Crippen LogP contribution in [0.15, 0.2) is 12.1 Å². The topological polar surface area (TPSA) is 66.9 Å². The number of benzene rings is 1. The van der Waals surface area contributed by atoms with Gasteiger partial charge in [-0.25, -0.2) is 0 Å². The molecule has 0 bridgehead atoms. The van der Waals surface area contributed by atoms with E-state index in [4.69, 9.17) is 5.26 Å². The van der Waals surface area contributed by atoms with Crippen molar-refractivity contribution in [1.82, 2.24) is 0 Å². The number of rotatable bonds is 1. The first-order valence-corrected chi connectivity index (χ1v) is 4.49. The molecule has 5 heteroatoms.